The fraction of sp³-hybridized carbons (Fsp3) is 0.286. The van der Waals surface area contributed by atoms with E-state index in [1.165, 1.54) is 4.90 Å². The Morgan fingerprint density at radius 1 is 0.949 bits per heavy atom. The number of anilines is 1. The van der Waals surface area contributed by atoms with Crippen LogP contribution in [0.1, 0.15) is 32.8 Å². The zero-order valence-electron chi connectivity index (χ0n) is 21.8. The Bertz CT molecular complexity index is 1410. The van der Waals surface area contributed by atoms with Crippen molar-refractivity contribution in [1.29, 1.82) is 0 Å². The van der Waals surface area contributed by atoms with Crippen LogP contribution < -0.4 is 9.62 Å². The molecule has 3 aromatic carbocycles. The average molecular weight is 595 g/mol. The van der Waals surface area contributed by atoms with Gasteiger partial charge in [-0.25, -0.2) is 12.8 Å². The molecule has 0 fully saturated rings. The van der Waals surface area contributed by atoms with Crippen molar-refractivity contribution in [3.63, 3.8) is 0 Å². The number of benzene rings is 3. The SMILES string of the molecule is CC[C@H](C)NC(=O)[C@H](C)N(Cc1ccc(Cl)c(Cl)c1)C(=O)CN(c1ccccc1)S(=O)(=O)c1ccc(F)cc1. The minimum atomic E-state index is -4.27. The summed E-state index contributed by atoms with van der Waals surface area (Å²) in [5.74, 6) is -1.60. The third-order valence-electron chi connectivity index (χ3n) is 6.23. The fourth-order valence-corrected chi connectivity index (χ4v) is 5.47. The van der Waals surface area contributed by atoms with E-state index >= 15 is 0 Å². The number of rotatable bonds is 11. The highest BCUT2D eigenvalue weighted by Crippen LogP contribution is 2.26. The first kappa shape index (κ1) is 30.4. The number of carbonyl (C=O) groups is 2. The number of hydrogen-bond acceptors (Lipinski definition) is 4. The second-order valence-electron chi connectivity index (χ2n) is 9.07. The molecule has 0 aliphatic rings. The summed E-state index contributed by atoms with van der Waals surface area (Å²) in [5.41, 5.74) is 0.843. The van der Waals surface area contributed by atoms with Crippen LogP contribution in [0.4, 0.5) is 10.1 Å². The first-order valence-corrected chi connectivity index (χ1v) is 14.5. The molecule has 0 aromatic heterocycles. The molecule has 0 aliphatic heterocycles. The molecule has 0 saturated heterocycles. The zero-order chi connectivity index (χ0) is 28.7. The van der Waals surface area contributed by atoms with E-state index in [0.29, 0.717) is 17.0 Å². The summed E-state index contributed by atoms with van der Waals surface area (Å²) in [6.07, 6.45) is 0.691. The van der Waals surface area contributed by atoms with Gasteiger partial charge in [0, 0.05) is 12.6 Å². The van der Waals surface area contributed by atoms with Crippen molar-refractivity contribution >= 4 is 50.7 Å². The van der Waals surface area contributed by atoms with Crippen molar-refractivity contribution < 1.29 is 22.4 Å². The normalized spacial score (nSPS) is 12.9. The number of hydrogen-bond donors (Lipinski definition) is 1. The van der Waals surface area contributed by atoms with Crippen LogP contribution in [-0.4, -0.2) is 43.8 Å². The van der Waals surface area contributed by atoms with E-state index in [1.807, 2.05) is 13.8 Å². The van der Waals surface area contributed by atoms with Gasteiger partial charge in [0.25, 0.3) is 10.0 Å². The van der Waals surface area contributed by atoms with Crippen molar-refractivity contribution in [3.05, 3.63) is 94.2 Å². The van der Waals surface area contributed by atoms with Gasteiger partial charge in [-0.1, -0.05) is 54.4 Å². The van der Waals surface area contributed by atoms with Gasteiger partial charge >= 0.3 is 0 Å². The summed E-state index contributed by atoms with van der Waals surface area (Å²) >= 11 is 12.2. The van der Waals surface area contributed by atoms with Crippen LogP contribution in [-0.2, 0) is 26.2 Å². The Labute approximate surface area is 238 Å². The smallest absolute Gasteiger partial charge is 0.264 e. The van der Waals surface area contributed by atoms with Crippen LogP contribution in [0, 0.1) is 5.82 Å². The maximum absolute atomic E-state index is 13.8. The lowest BCUT2D eigenvalue weighted by molar-refractivity contribution is -0.139. The molecule has 0 heterocycles. The molecule has 2 amide bonds. The van der Waals surface area contributed by atoms with Gasteiger partial charge in [-0.05, 0) is 74.4 Å². The number of para-hydroxylation sites is 1. The van der Waals surface area contributed by atoms with E-state index in [1.54, 1.807) is 55.5 Å². The number of amides is 2. The fourth-order valence-electron chi connectivity index (χ4n) is 3.74. The van der Waals surface area contributed by atoms with Crippen molar-refractivity contribution in [2.24, 2.45) is 0 Å². The van der Waals surface area contributed by atoms with Crippen LogP contribution in [0.2, 0.25) is 10.0 Å². The summed E-state index contributed by atoms with van der Waals surface area (Å²) in [6, 6.07) is 16.2. The zero-order valence-corrected chi connectivity index (χ0v) is 24.1. The van der Waals surface area contributed by atoms with E-state index in [-0.39, 0.29) is 34.1 Å². The number of carbonyl (C=O) groups excluding carboxylic acids is 2. The van der Waals surface area contributed by atoms with E-state index < -0.39 is 34.3 Å². The molecule has 1 N–H and O–H groups in total. The highest BCUT2D eigenvalue weighted by Gasteiger charge is 2.32. The van der Waals surface area contributed by atoms with Crippen LogP contribution in [0.15, 0.2) is 77.7 Å². The second-order valence-corrected chi connectivity index (χ2v) is 11.7. The highest BCUT2D eigenvalue weighted by molar-refractivity contribution is 7.92. The van der Waals surface area contributed by atoms with E-state index in [0.717, 1.165) is 28.6 Å². The van der Waals surface area contributed by atoms with Gasteiger partial charge in [0.05, 0.1) is 20.6 Å². The lowest BCUT2D eigenvalue weighted by atomic mass is 10.1. The number of nitrogens with one attached hydrogen (secondary N) is 1. The minimum Gasteiger partial charge on any atom is -0.352 e. The Morgan fingerprint density at radius 2 is 1.59 bits per heavy atom. The minimum absolute atomic E-state index is 0.0238. The topological polar surface area (TPSA) is 86.8 Å². The molecule has 208 valence electrons. The molecule has 0 aliphatic carbocycles. The molecule has 3 rings (SSSR count). The molecule has 0 unspecified atom stereocenters. The third kappa shape index (κ3) is 7.71. The maximum atomic E-state index is 13.8. The van der Waals surface area contributed by atoms with E-state index in [9.17, 15) is 22.4 Å². The van der Waals surface area contributed by atoms with E-state index in [4.69, 9.17) is 23.2 Å². The van der Waals surface area contributed by atoms with Gasteiger partial charge < -0.3 is 10.2 Å². The number of halogens is 3. The predicted octanol–water partition coefficient (Wildman–Crippen LogP) is 5.66. The molecule has 0 bridgehead atoms. The summed E-state index contributed by atoms with van der Waals surface area (Å²) < 4.78 is 41.8. The van der Waals surface area contributed by atoms with Crippen molar-refractivity contribution in [1.82, 2.24) is 10.2 Å². The highest BCUT2D eigenvalue weighted by atomic mass is 35.5. The summed E-state index contributed by atoms with van der Waals surface area (Å²) in [5, 5.41) is 3.49. The van der Waals surface area contributed by atoms with Crippen molar-refractivity contribution in [2.45, 2.75) is 50.7 Å². The second kappa shape index (κ2) is 13.3. The molecule has 0 radical (unpaired) electrons. The van der Waals surface area contributed by atoms with Gasteiger partial charge in [-0.2, -0.15) is 0 Å². The largest absolute Gasteiger partial charge is 0.352 e. The summed E-state index contributed by atoms with van der Waals surface area (Å²) in [4.78, 5) is 28.0. The van der Waals surface area contributed by atoms with Crippen LogP contribution in [0.3, 0.4) is 0 Å². The van der Waals surface area contributed by atoms with Gasteiger partial charge in [0.2, 0.25) is 11.8 Å². The molecule has 11 heteroatoms. The third-order valence-corrected chi connectivity index (χ3v) is 8.76. The Morgan fingerprint density at radius 3 is 2.18 bits per heavy atom. The Kier molecular flexibility index (Phi) is 10.4. The quantitative estimate of drug-likeness (QED) is 0.311. The lowest BCUT2D eigenvalue weighted by Crippen LogP contribution is -2.52. The van der Waals surface area contributed by atoms with Crippen LogP contribution >= 0.6 is 23.2 Å². The Hall–Kier alpha value is -3.14. The van der Waals surface area contributed by atoms with Gasteiger partial charge in [0.15, 0.2) is 0 Å². The van der Waals surface area contributed by atoms with Crippen molar-refractivity contribution in [2.75, 3.05) is 10.8 Å². The first-order chi connectivity index (χ1) is 18.4. The van der Waals surface area contributed by atoms with Crippen molar-refractivity contribution in [3.8, 4) is 0 Å². The molecule has 2 atom stereocenters. The molecular weight excluding hydrogens is 564 g/mol. The van der Waals surface area contributed by atoms with E-state index in [2.05, 4.69) is 5.32 Å². The molecule has 3 aromatic rings. The predicted molar refractivity (Wildman–Crippen MR) is 152 cm³/mol. The number of sulfonamides is 1. The number of nitrogens with zero attached hydrogens (tertiary/aromatic N) is 2. The molecular formula is C28H30Cl2FN3O4S. The average Bonchev–Trinajstić information content (AvgIpc) is 2.92. The summed E-state index contributed by atoms with van der Waals surface area (Å²) in [6.45, 7) is 4.72. The molecule has 0 spiro atoms. The summed E-state index contributed by atoms with van der Waals surface area (Å²) in [7, 11) is -4.27. The maximum Gasteiger partial charge on any atom is 0.264 e. The van der Waals surface area contributed by atoms with Gasteiger partial charge in [-0.3, -0.25) is 13.9 Å². The van der Waals surface area contributed by atoms with Gasteiger partial charge in [-0.15, -0.1) is 0 Å². The molecule has 7 nitrogen and oxygen atoms in total. The van der Waals surface area contributed by atoms with Gasteiger partial charge in [0.1, 0.15) is 18.4 Å². The molecule has 0 saturated carbocycles. The lowest BCUT2D eigenvalue weighted by Gasteiger charge is -2.32. The molecule has 39 heavy (non-hydrogen) atoms. The Balaban J connectivity index is 2.01. The van der Waals surface area contributed by atoms with Crippen LogP contribution in [0.5, 0.6) is 0 Å². The standard InChI is InChI=1S/C28H30Cl2FN3O4S/c1-4-19(2)32-28(36)20(3)33(17-21-10-15-25(29)26(30)16-21)27(35)18-34(23-8-6-5-7-9-23)39(37,38)24-13-11-22(31)12-14-24/h5-16,19-20H,4,17-18H2,1-3H3,(H,32,36)/t19-,20-/m0/s1. The monoisotopic (exact) mass is 593 g/mol. The van der Waals surface area contributed by atoms with Crippen LogP contribution in [0.25, 0.3) is 0 Å². The first-order valence-electron chi connectivity index (χ1n) is 12.3.